The molecule has 19 heavy (non-hydrogen) atoms. The summed E-state index contributed by atoms with van der Waals surface area (Å²) in [6, 6.07) is 2.99. The van der Waals surface area contributed by atoms with Gasteiger partial charge in [0.2, 0.25) is 0 Å². The third kappa shape index (κ3) is 3.75. The van der Waals surface area contributed by atoms with Gasteiger partial charge in [-0.2, -0.15) is 0 Å². The first-order valence-electron chi connectivity index (χ1n) is 5.99. The van der Waals surface area contributed by atoms with E-state index in [-0.39, 0.29) is 4.90 Å². The van der Waals surface area contributed by atoms with Gasteiger partial charge in [0.05, 0.1) is 0 Å². The molecule has 1 N–H and O–H groups in total. The summed E-state index contributed by atoms with van der Waals surface area (Å²) in [4.78, 5) is 1.94. The lowest BCUT2D eigenvalue weighted by Crippen LogP contribution is -2.42. The number of hydrogen-bond acceptors (Lipinski definition) is 4. The van der Waals surface area contributed by atoms with Crippen LogP contribution in [0.15, 0.2) is 21.5 Å². The van der Waals surface area contributed by atoms with Gasteiger partial charge in [-0.05, 0) is 33.6 Å². The van der Waals surface area contributed by atoms with Crippen LogP contribution in [0.1, 0.15) is 5.56 Å². The van der Waals surface area contributed by atoms with Crippen molar-refractivity contribution in [3.8, 4) is 0 Å². The standard InChI is InChI=1S/C12H16BrFN2O2S/c1-19(17,18)12-10(13)6-9(7-11(12)14)8-16-4-2-15-3-5-16/h6-7,15H,2-5,8H2,1H3. The van der Waals surface area contributed by atoms with Gasteiger partial charge < -0.3 is 5.32 Å². The molecule has 1 heterocycles. The zero-order chi connectivity index (χ0) is 14.0. The number of rotatable bonds is 3. The van der Waals surface area contributed by atoms with Crippen LogP contribution in [0.2, 0.25) is 0 Å². The van der Waals surface area contributed by atoms with E-state index in [1.54, 1.807) is 6.07 Å². The van der Waals surface area contributed by atoms with Crippen LogP contribution in [0.25, 0.3) is 0 Å². The maximum atomic E-state index is 13.9. The van der Waals surface area contributed by atoms with E-state index in [9.17, 15) is 12.8 Å². The normalized spacial score (nSPS) is 17.6. The average Bonchev–Trinajstić information content (AvgIpc) is 2.27. The van der Waals surface area contributed by atoms with Gasteiger partial charge in [0.25, 0.3) is 0 Å². The van der Waals surface area contributed by atoms with Crippen molar-refractivity contribution in [3.05, 3.63) is 28.0 Å². The second kappa shape index (κ2) is 5.87. The second-order valence-electron chi connectivity index (χ2n) is 4.69. The first-order chi connectivity index (χ1) is 8.88. The van der Waals surface area contributed by atoms with Gasteiger partial charge in [-0.15, -0.1) is 0 Å². The summed E-state index contributed by atoms with van der Waals surface area (Å²) < 4.78 is 37.2. The summed E-state index contributed by atoms with van der Waals surface area (Å²) in [6.45, 7) is 4.29. The van der Waals surface area contributed by atoms with Crippen LogP contribution in [0.5, 0.6) is 0 Å². The van der Waals surface area contributed by atoms with E-state index >= 15 is 0 Å². The first-order valence-corrected chi connectivity index (χ1v) is 8.67. The zero-order valence-corrected chi connectivity index (χ0v) is 13.0. The molecule has 0 aliphatic carbocycles. The number of nitrogens with zero attached hydrogens (tertiary/aromatic N) is 1. The van der Waals surface area contributed by atoms with Crippen LogP contribution >= 0.6 is 15.9 Å². The molecule has 106 valence electrons. The molecular formula is C12H16BrFN2O2S. The predicted octanol–water partition coefficient (Wildman–Crippen LogP) is 1.40. The summed E-state index contributed by atoms with van der Waals surface area (Å²) >= 11 is 3.15. The van der Waals surface area contributed by atoms with Crippen LogP contribution in [0.3, 0.4) is 0 Å². The van der Waals surface area contributed by atoms with Crippen molar-refractivity contribution in [2.45, 2.75) is 11.4 Å². The Morgan fingerprint density at radius 1 is 1.37 bits per heavy atom. The minimum atomic E-state index is -3.56. The van der Waals surface area contributed by atoms with E-state index in [4.69, 9.17) is 0 Å². The molecule has 0 unspecified atom stereocenters. The molecule has 4 nitrogen and oxygen atoms in total. The van der Waals surface area contributed by atoms with Gasteiger partial charge in [-0.1, -0.05) is 0 Å². The molecule has 7 heteroatoms. The SMILES string of the molecule is CS(=O)(=O)c1c(F)cc(CN2CCNCC2)cc1Br. The van der Waals surface area contributed by atoms with E-state index in [0.29, 0.717) is 11.0 Å². The fourth-order valence-electron chi connectivity index (χ4n) is 2.19. The number of sulfone groups is 1. The largest absolute Gasteiger partial charge is 0.314 e. The highest BCUT2D eigenvalue weighted by Gasteiger charge is 2.20. The van der Waals surface area contributed by atoms with Crippen LogP contribution < -0.4 is 5.32 Å². The third-order valence-corrected chi connectivity index (χ3v) is 5.09. The lowest BCUT2D eigenvalue weighted by atomic mass is 10.2. The molecule has 0 amide bonds. The van der Waals surface area contributed by atoms with Crippen LogP contribution in [0.4, 0.5) is 4.39 Å². The fourth-order valence-corrected chi connectivity index (χ4v) is 4.38. The topological polar surface area (TPSA) is 49.4 Å². The molecule has 0 radical (unpaired) electrons. The molecule has 0 spiro atoms. The van der Waals surface area contributed by atoms with E-state index < -0.39 is 15.7 Å². The Balaban J connectivity index is 2.24. The zero-order valence-electron chi connectivity index (χ0n) is 10.6. The van der Waals surface area contributed by atoms with E-state index in [1.165, 1.54) is 6.07 Å². The van der Waals surface area contributed by atoms with E-state index in [1.807, 2.05) is 0 Å². The molecule has 1 aromatic carbocycles. The fraction of sp³-hybridized carbons (Fsp3) is 0.500. The molecule has 1 saturated heterocycles. The van der Waals surface area contributed by atoms with Crippen molar-refractivity contribution < 1.29 is 12.8 Å². The van der Waals surface area contributed by atoms with E-state index in [2.05, 4.69) is 26.1 Å². The maximum absolute atomic E-state index is 13.9. The highest BCUT2D eigenvalue weighted by Crippen LogP contribution is 2.27. The van der Waals surface area contributed by atoms with E-state index in [0.717, 1.165) is 38.0 Å². The Hall–Kier alpha value is -0.500. The van der Waals surface area contributed by atoms with Crippen LogP contribution in [0, 0.1) is 5.82 Å². The summed E-state index contributed by atoms with van der Waals surface area (Å²) in [7, 11) is -3.56. The molecule has 1 aliphatic heterocycles. The number of hydrogen-bond donors (Lipinski definition) is 1. The monoisotopic (exact) mass is 350 g/mol. The van der Waals surface area contributed by atoms with Crippen molar-refractivity contribution in [1.82, 2.24) is 10.2 Å². The van der Waals surface area contributed by atoms with Gasteiger partial charge in [0.15, 0.2) is 9.84 Å². The summed E-state index contributed by atoms with van der Waals surface area (Å²) in [5.41, 5.74) is 0.777. The quantitative estimate of drug-likeness (QED) is 0.895. The van der Waals surface area contributed by atoms with Crippen molar-refractivity contribution >= 4 is 25.8 Å². The minimum Gasteiger partial charge on any atom is -0.314 e. The molecule has 0 aromatic heterocycles. The number of piperazine rings is 1. The number of halogens is 2. The predicted molar refractivity (Wildman–Crippen MR) is 75.4 cm³/mol. The Kier molecular flexibility index (Phi) is 4.60. The maximum Gasteiger partial charge on any atom is 0.179 e. The Morgan fingerprint density at radius 2 is 2.00 bits per heavy atom. The highest BCUT2D eigenvalue weighted by atomic mass is 79.9. The molecule has 1 aliphatic rings. The van der Waals surface area contributed by atoms with Gasteiger partial charge >= 0.3 is 0 Å². The molecule has 0 atom stereocenters. The molecule has 0 bridgehead atoms. The summed E-state index contributed by atoms with van der Waals surface area (Å²) in [6.07, 6.45) is 1.01. The van der Waals surface area contributed by atoms with Crippen LogP contribution in [-0.2, 0) is 16.4 Å². The van der Waals surface area contributed by atoms with Crippen molar-refractivity contribution in [2.75, 3.05) is 32.4 Å². The lowest BCUT2D eigenvalue weighted by molar-refractivity contribution is 0.233. The van der Waals surface area contributed by atoms with Gasteiger partial charge in [0, 0.05) is 43.5 Å². The van der Waals surface area contributed by atoms with Gasteiger partial charge in [-0.3, -0.25) is 4.90 Å². The van der Waals surface area contributed by atoms with Gasteiger partial charge in [-0.25, -0.2) is 12.8 Å². The van der Waals surface area contributed by atoms with Gasteiger partial charge in [0.1, 0.15) is 10.7 Å². The Bertz CT molecular complexity index is 548. The molecule has 0 saturated carbocycles. The summed E-state index contributed by atoms with van der Waals surface area (Å²) in [5.74, 6) is -0.693. The molecule has 2 rings (SSSR count). The number of nitrogens with one attached hydrogen (secondary N) is 1. The van der Waals surface area contributed by atoms with Crippen molar-refractivity contribution in [3.63, 3.8) is 0 Å². The van der Waals surface area contributed by atoms with Crippen LogP contribution in [-0.4, -0.2) is 45.8 Å². The minimum absolute atomic E-state index is 0.267. The summed E-state index contributed by atoms with van der Waals surface area (Å²) in [5, 5.41) is 3.25. The molecule has 1 fully saturated rings. The van der Waals surface area contributed by atoms with Crippen molar-refractivity contribution in [1.29, 1.82) is 0 Å². The number of benzene rings is 1. The third-order valence-electron chi connectivity index (χ3n) is 3.04. The smallest absolute Gasteiger partial charge is 0.179 e. The molecular weight excluding hydrogens is 335 g/mol. The first kappa shape index (κ1) is 14.9. The lowest BCUT2D eigenvalue weighted by Gasteiger charge is -2.27. The van der Waals surface area contributed by atoms with Crippen molar-refractivity contribution in [2.24, 2.45) is 0 Å². The Morgan fingerprint density at radius 3 is 2.53 bits per heavy atom. The average molecular weight is 351 g/mol. The second-order valence-corrected chi connectivity index (χ2v) is 7.49. The molecule has 1 aromatic rings. The Labute approximate surface area is 121 Å². The highest BCUT2D eigenvalue weighted by molar-refractivity contribution is 9.10.